The van der Waals surface area contributed by atoms with Crippen molar-refractivity contribution >= 4 is 17.9 Å². The average Bonchev–Trinajstić information content (AvgIpc) is 2.71. The van der Waals surface area contributed by atoms with Crippen molar-refractivity contribution in [1.82, 2.24) is 4.90 Å². The molecule has 1 N–H and O–H groups in total. The standard InChI is InChI=1S/C23H25N3O4/c1-23(2,3)30-22(28)26-12-11-18-17(14-26)9-10-20(19(18)13-24)25-21(27)29-15-16-7-5-4-6-8-16/h4-10H,11-12,14-15H2,1-3H3,(H,25,27). The molecule has 0 fully saturated rings. The lowest BCUT2D eigenvalue weighted by Crippen LogP contribution is -2.40. The molecule has 2 aromatic carbocycles. The fourth-order valence-electron chi connectivity index (χ4n) is 3.24. The monoisotopic (exact) mass is 407 g/mol. The van der Waals surface area contributed by atoms with Crippen molar-refractivity contribution in [2.75, 3.05) is 11.9 Å². The summed E-state index contributed by atoms with van der Waals surface area (Å²) < 4.78 is 10.7. The molecule has 1 heterocycles. The maximum atomic E-state index is 12.3. The smallest absolute Gasteiger partial charge is 0.411 e. The largest absolute Gasteiger partial charge is 0.444 e. The number of nitrogens with zero attached hydrogens (tertiary/aromatic N) is 2. The Bertz CT molecular complexity index is 974. The molecule has 2 amide bonds. The molecule has 0 radical (unpaired) electrons. The van der Waals surface area contributed by atoms with Gasteiger partial charge in [0.05, 0.1) is 11.3 Å². The van der Waals surface area contributed by atoms with Gasteiger partial charge in [0.2, 0.25) is 0 Å². The lowest BCUT2D eigenvalue weighted by Gasteiger charge is -2.31. The van der Waals surface area contributed by atoms with E-state index < -0.39 is 11.7 Å². The number of nitriles is 1. The molecule has 0 atom stereocenters. The second-order valence-electron chi connectivity index (χ2n) is 8.08. The summed E-state index contributed by atoms with van der Waals surface area (Å²) in [7, 11) is 0. The van der Waals surface area contributed by atoms with Gasteiger partial charge in [0, 0.05) is 13.1 Å². The second-order valence-corrected chi connectivity index (χ2v) is 8.08. The summed E-state index contributed by atoms with van der Waals surface area (Å²) in [5, 5.41) is 12.3. The molecule has 3 rings (SSSR count). The molecular formula is C23H25N3O4. The number of benzene rings is 2. The topological polar surface area (TPSA) is 91.7 Å². The third-order valence-corrected chi connectivity index (χ3v) is 4.62. The second kappa shape index (κ2) is 8.87. The molecule has 1 aliphatic heterocycles. The minimum absolute atomic E-state index is 0.143. The Morgan fingerprint density at radius 2 is 1.90 bits per heavy atom. The quantitative estimate of drug-likeness (QED) is 0.803. The fraction of sp³-hybridized carbons (Fsp3) is 0.348. The molecule has 0 saturated heterocycles. The van der Waals surface area contributed by atoms with E-state index in [0.29, 0.717) is 30.8 Å². The Hall–Kier alpha value is -3.53. The summed E-state index contributed by atoms with van der Waals surface area (Å²) in [4.78, 5) is 26.1. The third-order valence-electron chi connectivity index (χ3n) is 4.62. The van der Waals surface area contributed by atoms with E-state index in [4.69, 9.17) is 9.47 Å². The van der Waals surface area contributed by atoms with Crippen LogP contribution in [0.1, 0.15) is 43.0 Å². The Balaban J connectivity index is 1.68. The van der Waals surface area contributed by atoms with Crippen LogP contribution in [0.5, 0.6) is 0 Å². The summed E-state index contributed by atoms with van der Waals surface area (Å²) in [6, 6.07) is 15.0. The van der Waals surface area contributed by atoms with Crippen LogP contribution in [-0.4, -0.2) is 29.2 Å². The molecule has 30 heavy (non-hydrogen) atoms. The third kappa shape index (κ3) is 5.29. The number of hydrogen-bond donors (Lipinski definition) is 1. The van der Waals surface area contributed by atoms with Crippen LogP contribution in [0.4, 0.5) is 15.3 Å². The predicted octanol–water partition coefficient (Wildman–Crippen LogP) is 4.60. The zero-order chi connectivity index (χ0) is 21.7. The highest BCUT2D eigenvalue weighted by atomic mass is 16.6. The minimum Gasteiger partial charge on any atom is -0.444 e. The van der Waals surface area contributed by atoms with E-state index in [9.17, 15) is 14.9 Å². The zero-order valence-corrected chi connectivity index (χ0v) is 17.4. The SMILES string of the molecule is CC(C)(C)OC(=O)N1CCc2c(ccc(NC(=O)OCc3ccccc3)c2C#N)C1. The van der Waals surface area contributed by atoms with Crippen LogP contribution in [0, 0.1) is 11.3 Å². The summed E-state index contributed by atoms with van der Waals surface area (Å²) >= 11 is 0. The molecule has 0 aromatic heterocycles. The number of carbonyl (C=O) groups excluding carboxylic acids is 2. The van der Waals surface area contributed by atoms with E-state index >= 15 is 0 Å². The van der Waals surface area contributed by atoms with Gasteiger partial charge in [-0.25, -0.2) is 9.59 Å². The Morgan fingerprint density at radius 3 is 2.57 bits per heavy atom. The van der Waals surface area contributed by atoms with Crippen molar-refractivity contribution in [2.45, 2.75) is 45.9 Å². The van der Waals surface area contributed by atoms with Gasteiger partial charge in [-0.2, -0.15) is 5.26 Å². The lowest BCUT2D eigenvalue weighted by atomic mass is 9.94. The van der Waals surface area contributed by atoms with Gasteiger partial charge in [0.15, 0.2) is 0 Å². The van der Waals surface area contributed by atoms with Crippen molar-refractivity contribution in [3.63, 3.8) is 0 Å². The minimum atomic E-state index is -0.624. The van der Waals surface area contributed by atoms with E-state index in [-0.39, 0.29) is 12.7 Å². The van der Waals surface area contributed by atoms with Gasteiger partial charge in [-0.05, 0) is 49.9 Å². The van der Waals surface area contributed by atoms with Crippen LogP contribution in [-0.2, 0) is 29.0 Å². The van der Waals surface area contributed by atoms with Gasteiger partial charge in [0.1, 0.15) is 18.3 Å². The highest BCUT2D eigenvalue weighted by Crippen LogP contribution is 2.29. The number of fused-ring (bicyclic) bond motifs is 1. The summed E-state index contributed by atoms with van der Waals surface area (Å²) in [5.41, 5.74) is 2.81. The maximum Gasteiger partial charge on any atom is 0.411 e. The highest BCUT2D eigenvalue weighted by molar-refractivity contribution is 5.87. The van der Waals surface area contributed by atoms with Gasteiger partial charge in [-0.15, -0.1) is 0 Å². The lowest BCUT2D eigenvalue weighted by molar-refractivity contribution is 0.0224. The van der Waals surface area contributed by atoms with E-state index in [2.05, 4.69) is 11.4 Å². The number of hydrogen-bond acceptors (Lipinski definition) is 5. The molecule has 0 unspecified atom stereocenters. The predicted molar refractivity (Wildman–Crippen MR) is 112 cm³/mol. The number of carbonyl (C=O) groups is 2. The molecule has 0 saturated carbocycles. The van der Waals surface area contributed by atoms with E-state index in [1.807, 2.05) is 57.2 Å². The normalized spacial score (nSPS) is 13.1. The maximum absolute atomic E-state index is 12.3. The van der Waals surface area contributed by atoms with Gasteiger partial charge in [0.25, 0.3) is 0 Å². The molecule has 0 aliphatic carbocycles. The van der Waals surface area contributed by atoms with Crippen LogP contribution >= 0.6 is 0 Å². The molecule has 0 bridgehead atoms. The zero-order valence-electron chi connectivity index (χ0n) is 17.4. The van der Waals surface area contributed by atoms with Crippen molar-refractivity contribution in [1.29, 1.82) is 5.26 Å². The summed E-state index contributed by atoms with van der Waals surface area (Å²) in [5.74, 6) is 0. The van der Waals surface area contributed by atoms with Crippen LogP contribution in [0.25, 0.3) is 0 Å². The van der Waals surface area contributed by atoms with Gasteiger partial charge in [-0.3, -0.25) is 5.32 Å². The number of anilines is 1. The number of nitrogens with one attached hydrogen (secondary N) is 1. The number of rotatable bonds is 3. The molecule has 7 nitrogen and oxygen atoms in total. The Morgan fingerprint density at radius 1 is 1.17 bits per heavy atom. The first-order chi connectivity index (χ1) is 14.3. The van der Waals surface area contributed by atoms with Gasteiger partial charge < -0.3 is 14.4 Å². The van der Waals surface area contributed by atoms with Gasteiger partial charge in [-0.1, -0.05) is 36.4 Å². The number of ether oxygens (including phenoxy) is 2. The first-order valence-corrected chi connectivity index (χ1v) is 9.77. The van der Waals surface area contributed by atoms with Crippen molar-refractivity contribution < 1.29 is 19.1 Å². The summed E-state index contributed by atoms with van der Waals surface area (Å²) in [6.07, 6.45) is -0.494. The van der Waals surface area contributed by atoms with Crippen molar-refractivity contribution in [2.24, 2.45) is 0 Å². The molecule has 2 aromatic rings. The average molecular weight is 407 g/mol. The summed E-state index contributed by atoms with van der Waals surface area (Å²) in [6.45, 7) is 6.42. The molecule has 156 valence electrons. The van der Waals surface area contributed by atoms with Crippen molar-refractivity contribution in [3.05, 3.63) is 64.7 Å². The molecular weight excluding hydrogens is 382 g/mol. The van der Waals surface area contributed by atoms with Crippen LogP contribution in [0.3, 0.4) is 0 Å². The first kappa shape index (κ1) is 21.2. The van der Waals surface area contributed by atoms with E-state index in [0.717, 1.165) is 16.7 Å². The van der Waals surface area contributed by atoms with E-state index in [1.165, 1.54) is 0 Å². The Labute approximate surface area is 176 Å². The van der Waals surface area contributed by atoms with Crippen LogP contribution in [0.2, 0.25) is 0 Å². The van der Waals surface area contributed by atoms with Gasteiger partial charge >= 0.3 is 12.2 Å². The van der Waals surface area contributed by atoms with Crippen LogP contribution in [0.15, 0.2) is 42.5 Å². The molecule has 0 spiro atoms. The molecule has 7 heteroatoms. The van der Waals surface area contributed by atoms with E-state index in [1.54, 1.807) is 11.0 Å². The highest BCUT2D eigenvalue weighted by Gasteiger charge is 2.27. The fourth-order valence-corrected chi connectivity index (χ4v) is 3.24. The Kier molecular flexibility index (Phi) is 6.26. The molecule has 1 aliphatic rings. The van der Waals surface area contributed by atoms with Crippen molar-refractivity contribution in [3.8, 4) is 6.07 Å². The van der Waals surface area contributed by atoms with Crippen LogP contribution < -0.4 is 5.32 Å². The first-order valence-electron chi connectivity index (χ1n) is 9.77. The number of amides is 2.